The number of aliphatic hydroxyl groups is 1. The molecule has 0 aromatic carbocycles. The zero-order valence-corrected chi connectivity index (χ0v) is 30.8. The molecule has 2 unspecified atom stereocenters. The summed E-state index contributed by atoms with van der Waals surface area (Å²) in [5.41, 5.74) is 8.01. The average molecular weight is 730 g/mol. The molecule has 10 aliphatic rings. The fourth-order valence-corrected chi connectivity index (χ4v) is 11.3. The van der Waals surface area contributed by atoms with Crippen molar-refractivity contribution in [3.63, 3.8) is 0 Å². The lowest BCUT2D eigenvalue weighted by molar-refractivity contribution is -0.292. The van der Waals surface area contributed by atoms with Crippen LogP contribution in [0.4, 0.5) is 0 Å². The Morgan fingerprint density at radius 1 is 0.808 bits per heavy atom. The van der Waals surface area contributed by atoms with E-state index in [4.69, 9.17) is 48.4 Å². The predicted octanol–water partition coefficient (Wildman–Crippen LogP) is 3.44. The van der Waals surface area contributed by atoms with Gasteiger partial charge in [-0.05, 0) is 62.0 Å². The number of ketones is 1. The summed E-state index contributed by atoms with van der Waals surface area (Å²) in [7, 11) is 1.66. The molecular formula is C40H59NO11. The Hall–Kier alpha value is -1.29. The maximum atomic E-state index is 14.1. The van der Waals surface area contributed by atoms with Gasteiger partial charge in [0, 0.05) is 58.1 Å². The highest BCUT2D eigenvalue weighted by Gasteiger charge is 2.68. The van der Waals surface area contributed by atoms with E-state index in [1.165, 1.54) is 0 Å². The monoisotopic (exact) mass is 729 g/mol. The van der Waals surface area contributed by atoms with Crippen molar-refractivity contribution in [3.05, 3.63) is 24.3 Å². The van der Waals surface area contributed by atoms with Crippen molar-refractivity contribution in [3.8, 4) is 0 Å². The number of fused-ring (bicyclic) bond motifs is 6. The smallest absolute Gasteiger partial charge is 0.172 e. The minimum absolute atomic E-state index is 0.0158. The number of methoxy groups -OCH3 is 1. The van der Waals surface area contributed by atoms with Crippen LogP contribution in [0.25, 0.3) is 0 Å². The summed E-state index contributed by atoms with van der Waals surface area (Å²) < 4.78 is 60.0. The molecule has 10 heterocycles. The molecule has 52 heavy (non-hydrogen) atoms. The number of rotatable bonds is 4. The molecule has 12 nitrogen and oxygen atoms in total. The summed E-state index contributed by atoms with van der Waals surface area (Å²) in [5, 5.41) is 10.5. The normalized spacial score (nSPS) is 52.4. The second-order valence-electron chi connectivity index (χ2n) is 17.4. The number of carbonyl (C=O) groups excluding carboxylic acids is 1. The van der Waals surface area contributed by atoms with Gasteiger partial charge in [0.25, 0.3) is 0 Å². The Kier molecular flexibility index (Phi) is 10.0. The van der Waals surface area contributed by atoms with Gasteiger partial charge in [0.15, 0.2) is 5.79 Å². The van der Waals surface area contributed by atoms with Gasteiger partial charge in [-0.2, -0.15) is 0 Å². The van der Waals surface area contributed by atoms with Gasteiger partial charge >= 0.3 is 0 Å². The molecular weight excluding hydrogens is 670 g/mol. The SMILES string of the molecule is C=C1C[C@@H]2CC[C@@]34C[C@H]5OC6[C@@H](O[C@H]7CC[C@H](CC(=O)C[C@@H]8[C@@H](OC)[C@@H](C[C@H](O)CN)O[C@H]8C[C@H]8O[C@@H](CC[C@@H]1O2)C[C@@H](C)C8=C)O[C@@H]7[C@@H]6O3)C5O4. The summed E-state index contributed by atoms with van der Waals surface area (Å²) >= 11 is 0. The van der Waals surface area contributed by atoms with E-state index in [0.29, 0.717) is 25.7 Å². The van der Waals surface area contributed by atoms with Gasteiger partial charge in [-0.1, -0.05) is 20.1 Å². The topological polar surface area (TPSA) is 146 Å². The molecule has 1 spiro atoms. The lowest BCUT2D eigenvalue weighted by Gasteiger charge is -2.47. The van der Waals surface area contributed by atoms with Crippen LogP contribution in [-0.2, 0) is 47.4 Å². The van der Waals surface area contributed by atoms with Gasteiger partial charge in [-0.25, -0.2) is 0 Å². The van der Waals surface area contributed by atoms with Crippen LogP contribution < -0.4 is 5.73 Å². The molecule has 0 aromatic rings. The minimum Gasteiger partial charge on any atom is -0.392 e. The van der Waals surface area contributed by atoms with Crippen molar-refractivity contribution in [1.29, 1.82) is 0 Å². The minimum atomic E-state index is -0.780. The number of nitrogens with two attached hydrogens (primary N) is 1. The fourth-order valence-electron chi connectivity index (χ4n) is 11.3. The molecule has 10 aliphatic heterocycles. The third kappa shape index (κ3) is 6.59. The average Bonchev–Trinajstić information content (AvgIpc) is 3.79. The van der Waals surface area contributed by atoms with Crippen molar-refractivity contribution >= 4 is 5.78 Å². The van der Waals surface area contributed by atoms with Crippen LogP contribution >= 0.6 is 0 Å². The highest BCUT2D eigenvalue weighted by Crippen LogP contribution is 2.54. The molecule has 12 bridgehead atoms. The van der Waals surface area contributed by atoms with Gasteiger partial charge < -0.3 is 53.5 Å². The van der Waals surface area contributed by atoms with Gasteiger partial charge in [-0.3, -0.25) is 4.79 Å². The Bertz CT molecular complexity index is 1380. The Labute approximate surface area is 307 Å². The molecule has 290 valence electrons. The molecule has 3 N–H and O–H groups in total. The first-order chi connectivity index (χ1) is 25.1. The van der Waals surface area contributed by atoms with E-state index >= 15 is 0 Å². The van der Waals surface area contributed by atoms with E-state index in [9.17, 15) is 9.90 Å². The van der Waals surface area contributed by atoms with Crippen LogP contribution in [0.2, 0.25) is 0 Å². The summed E-state index contributed by atoms with van der Waals surface area (Å²) in [6.07, 6.45) is 4.85. The van der Waals surface area contributed by atoms with E-state index in [-0.39, 0.29) is 122 Å². The maximum Gasteiger partial charge on any atom is 0.172 e. The lowest BCUT2D eigenvalue weighted by Crippen LogP contribution is -2.61. The van der Waals surface area contributed by atoms with Gasteiger partial charge in [0.05, 0.1) is 67.1 Å². The lowest BCUT2D eigenvalue weighted by atomic mass is 9.81. The summed E-state index contributed by atoms with van der Waals surface area (Å²) in [6.45, 7) is 11.3. The number of carbonyl (C=O) groups is 1. The molecule has 12 heteroatoms. The third-order valence-electron chi connectivity index (χ3n) is 14.0. The van der Waals surface area contributed by atoms with Crippen molar-refractivity contribution < 1.29 is 52.5 Å². The van der Waals surface area contributed by atoms with Gasteiger partial charge in [0.2, 0.25) is 0 Å². The molecule has 0 saturated carbocycles. The second-order valence-corrected chi connectivity index (χ2v) is 17.4. The first kappa shape index (κ1) is 36.4. The van der Waals surface area contributed by atoms with Crippen molar-refractivity contribution in [2.75, 3.05) is 13.7 Å². The Morgan fingerprint density at radius 3 is 2.38 bits per heavy atom. The first-order valence-corrected chi connectivity index (χ1v) is 20.2. The summed E-state index contributed by atoms with van der Waals surface area (Å²) in [5.74, 6) is -0.619. The van der Waals surface area contributed by atoms with E-state index in [1.807, 2.05) is 0 Å². The zero-order chi connectivity index (χ0) is 35.9. The maximum absolute atomic E-state index is 14.1. The molecule has 10 saturated heterocycles. The molecule has 0 aliphatic carbocycles. The quantitative estimate of drug-likeness (QED) is 0.409. The number of ether oxygens (including phenoxy) is 9. The van der Waals surface area contributed by atoms with Crippen LogP contribution in [0.15, 0.2) is 24.3 Å². The largest absolute Gasteiger partial charge is 0.392 e. The molecule has 0 radical (unpaired) electrons. The Morgan fingerprint density at radius 2 is 1.56 bits per heavy atom. The highest BCUT2D eigenvalue weighted by atomic mass is 16.8. The van der Waals surface area contributed by atoms with Crippen molar-refractivity contribution in [1.82, 2.24) is 0 Å². The predicted molar refractivity (Wildman–Crippen MR) is 186 cm³/mol. The highest BCUT2D eigenvalue weighted by molar-refractivity contribution is 5.79. The standard InChI is InChI=1S/C40H59NO11/c1-19-11-24-5-7-28-20(2)12-26(45-28)9-10-40-17-33-36(51-40)37-38(50-33)39(52-40)35-29(49-37)8-6-25(47-35)13-22(42)14-27-31(16-30(46-24)21(19)3)48-32(34(27)44-4)15-23(43)18-41/h19,23-39,43H,2-3,5-18,41H2,1,4H3/t19-,23+,24+,25-,26+,27+,28+,29+,30-,31+,32-,33-,34-,35+,36?,37+,38?,39+,40+/m1/s1. The van der Waals surface area contributed by atoms with E-state index in [2.05, 4.69) is 20.1 Å². The van der Waals surface area contributed by atoms with E-state index < -0.39 is 18.0 Å². The van der Waals surface area contributed by atoms with Crippen LogP contribution in [0.3, 0.4) is 0 Å². The molecule has 0 aromatic heterocycles. The zero-order valence-electron chi connectivity index (χ0n) is 30.8. The fraction of sp³-hybridized carbons (Fsp3) is 0.875. The van der Waals surface area contributed by atoms with Crippen molar-refractivity contribution in [2.45, 2.75) is 194 Å². The number of hydrogen-bond acceptors (Lipinski definition) is 12. The van der Waals surface area contributed by atoms with Crippen LogP contribution in [0, 0.1) is 11.8 Å². The second kappa shape index (κ2) is 14.3. The number of Topliss-reactive ketones (excluding diaryl/α,β-unsaturated/α-hetero) is 1. The van der Waals surface area contributed by atoms with Gasteiger partial charge in [-0.15, -0.1) is 0 Å². The van der Waals surface area contributed by atoms with Crippen LogP contribution in [0.1, 0.15) is 90.4 Å². The Balaban J connectivity index is 0.994. The van der Waals surface area contributed by atoms with E-state index in [1.54, 1.807) is 7.11 Å². The molecule has 0 amide bonds. The van der Waals surface area contributed by atoms with E-state index in [0.717, 1.165) is 56.1 Å². The molecule has 10 rings (SSSR count). The summed E-state index contributed by atoms with van der Waals surface area (Å²) in [4.78, 5) is 14.1. The summed E-state index contributed by atoms with van der Waals surface area (Å²) in [6, 6.07) is 0. The number of aliphatic hydroxyl groups excluding tert-OH is 1. The number of hydrogen-bond donors (Lipinski definition) is 2. The van der Waals surface area contributed by atoms with Crippen molar-refractivity contribution in [2.24, 2.45) is 17.6 Å². The molecule has 10 fully saturated rings. The molecule has 19 atom stereocenters. The van der Waals surface area contributed by atoms with Gasteiger partial charge in [0.1, 0.15) is 36.3 Å². The third-order valence-corrected chi connectivity index (χ3v) is 14.0. The first-order valence-electron chi connectivity index (χ1n) is 20.2. The van der Waals surface area contributed by atoms with Crippen LogP contribution in [0.5, 0.6) is 0 Å². The van der Waals surface area contributed by atoms with Crippen LogP contribution in [-0.4, -0.2) is 128 Å².